The fourth-order valence-electron chi connectivity index (χ4n) is 2.44. The second kappa shape index (κ2) is 4.67. The summed E-state index contributed by atoms with van der Waals surface area (Å²) in [6.45, 7) is 5.88. The normalized spacial score (nSPS) is 28.5. The Morgan fingerprint density at radius 1 is 1.28 bits per heavy atom. The number of hydrogen-bond acceptors (Lipinski definition) is 3. The van der Waals surface area contributed by atoms with Gasteiger partial charge in [0.2, 0.25) is 0 Å². The second-order valence-electron chi connectivity index (χ2n) is 5.46. The molecule has 0 radical (unpaired) electrons. The fraction of sp³-hybridized carbons (Fsp3) is 0.571. The average Bonchev–Trinajstić information content (AvgIpc) is 2.58. The number of benzene rings is 1. The van der Waals surface area contributed by atoms with Gasteiger partial charge in [0.15, 0.2) is 0 Å². The van der Waals surface area contributed by atoms with E-state index < -0.39 is 15.7 Å². The summed E-state index contributed by atoms with van der Waals surface area (Å²) in [6, 6.07) is 6.79. The maximum Gasteiger partial charge on any atom is 0.297 e. The largest absolute Gasteiger partial charge is 0.297 e. The monoisotopic (exact) mass is 268 g/mol. The maximum absolute atomic E-state index is 12.2. The molecule has 3 nitrogen and oxygen atoms in total. The molecule has 0 heterocycles. The van der Waals surface area contributed by atoms with E-state index in [-0.39, 0.29) is 10.8 Å². The number of hydrogen-bond donors (Lipinski definition) is 0. The molecule has 2 unspecified atom stereocenters. The summed E-state index contributed by atoms with van der Waals surface area (Å²) in [5.41, 5.74) is 0.485. The van der Waals surface area contributed by atoms with Crippen LogP contribution in [0.15, 0.2) is 29.2 Å². The zero-order chi connectivity index (χ0) is 13.4. The number of aryl methyl sites for hydroxylation is 1. The van der Waals surface area contributed by atoms with Gasteiger partial charge >= 0.3 is 0 Å². The third-order valence-electron chi connectivity index (χ3n) is 3.96. The third kappa shape index (κ3) is 2.59. The van der Waals surface area contributed by atoms with E-state index in [9.17, 15) is 8.42 Å². The van der Waals surface area contributed by atoms with Crippen molar-refractivity contribution in [2.45, 2.75) is 50.5 Å². The lowest BCUT2D eigenvalue weighted by Gasteiger charge is -2.28. The molecule has 1 aromatic carbocycles. The SMILES string of the molecule is Cc1ccc(S(=O)(=O)OC2(C)CCCC2C)cc1. The molecule has 0 aliphatic heterocycles. The van der Waals surface area contributed by atoms with Crippen LogP contribution in [0.25, 0.3) is 0 Å². The molecule has 2 rings (SSSR count). The molecule has 1 fully saturated rings. The lowest BCUT2D eigenvalue weighted by Crippen LogP contribution is -2.34. The predicted molar refractivity (Wildman–Crippen MR) is 70.9 cm³/mol. The average molecular weight is 268 g/mol. The van der Waals surface area contributed by atoms with Gasteiger partial charge in [0, 0.05) is 0 Å². The molecule has 1 aliphatic carbocycles. The minimum Gasteiger partial charge on any atom is -0.260 e. The zero-order valence-corrected chi connectivity index (χ0v) is 12.0. The highest BCUT2D eigenvalue weighted by Gasteiger charge is 2.41. The van der Waals surface area contributed by atoms with Crippen LogP contribution in [0.1, 0.15) is 38.7 Å². The summed E-state index contributed by atoms with van der Waals surface area (Å²) in [5.74, 6) is 0.276. The van der Waals surface area contributed by atoms with E-state index in [1.807, 2.05) is 13.8 Å². The molecule has 100 valence electrons. The van der Waals surface area contributed by atoms with Crippen molar-refractivity contribution in [1.29, 1.82) is 0 Å². The summed E-state index contributed by atoms with van der Waals surface area (Å²) >= 11 is 0. The molecule has 0 bridgehead atoms. The smallest absolute Gasteiger partial charge is 0.260 e. The lowest BCUT2D eigenvalue weighted by molar-refractivity contribution is 0.0634. The van der Waals surface area contributed by atoms with Gasteiger partial charge in [-0.2, -0.15) is 8.42 Å². The molecule has 1 saturated carbocycles. The molecule has 0 saturated heterocycles. The molecule has 4 heteroatoms. The molecule has 0 amide bonds. The lowest BCUT2D eigenvalue weighted by atomic mass is 9.95. The fourth-order valence-corrected chi connectivity index (χ4v) is 3.75. The van der Waals surface area contributed by atoms with Crippen molar-refractivity contribution in [2.75, 3.05) is 0 Å². The Kier molecular flexibility index (Phi) is 3.52. The first-order chi connectivity index (χ1) is 8.33. The van der Waals surface area contributed by atoms with Gasteiger partial charge in [-0.3, -0.25) is 4.18 Å². The van der Waals surface area contributed by atoms with Crippen LogP contribution in [0, 0.1) is 12.8 Å². The molecule has 0 aromatic heterocycles. The molecule has 18 heavy (non-hydrogen) atoms. The van der Waals surface area contributed by atoms with Crippen LogP contribution in [0.4, 0.5) is 0 Å². The van der Waals surface area contributed by atoms with Gasteiger partial charge in [0.1, 0.15) is 0 Å². The van der Waals surface area contributed by atoms with Gasteiger partial charge in [-0.05, 0) is 44.7 Å². The van der Waals surface area contributed by atoms with Crippen LogP contribution in [0.2, 0.25) is 0 Å². The summed E-state index contributed by atoms with van der Waals surface area (Å²) in [4.78, 5) is 0.244. The highest BCUT2D eigenvalue weighted by molar-refractivity contribution is 7.86. The standard InChI is InChI=1S/C14H20O3S/c1-11-6-8-13(9-7-11)18(15,16)17-14(3)10-4-5-12(14)2/h6-9,12H,4-5,10H2,1-3H3. The summed E-state index contributed by atoms with van der Waals surface area (Å²) in [7, 11) is -3.65. The van der Waals surface area contributed by atoms with Crippen molar-refractivity contribution in [1.82, 2.24) is 0 Å². The van der Waals surface area contributed by atoms with Crippen LogP contribution in [-0.2, 0) is 14.3 Å². The van der Waals surface area contributed by atoms with E-state index in [1.165, 1.54) is 0 Å². The van der Waals surface area contributed by atoms with Crippen molar-refractivity contribution >= 4 is 10.1 Å². The van der Waals surface area contributed by atoms with Gasteiger partial charge in [0.25, 0.3) is 10.1 Å². The summed E-state index contributed by atoms with van der Waals surface area (Å²) < 4.78 is 30.0. The van der Waals surface area contributed by atoms with Crippen molar-refractivity contribution < 1.29 is 12.6 Å². The quantitative estimate of drug-likeness (QED) is 0.790. The van der Waals surface area contributed by atoms with E-state index >= 15 is 0 Å². The molecular weight excluding hydrogens is 248 g/mol. The molecule has 0 spiro atoms. The van der Waals surface area contributed by atoms with Crippen LogP contribution < -0.4 is 0 Å². The Bertz CT molecular complexity index is 518. The van der Waals surface area contributed by atoms with E-state index in [1.54, 1.807) is 24.3 Å². The van der Waals surface area contributed by atoms with E-state index in [4.69, 9.17) is 4.18 Å². The second-order valence-corrected chi connectivity index (χ2v) is 7.00. The summed E-state index contributed by atoms with van der Waals surface area (Å²) in [5, 5.41) is 0. The predicted octanol–water partition coefficient (Wildman–Crippen LogP) is 3.28. The Balaban J connectivity index is 2.25. The van der Waals surface area contributed by atoms with Gasteiger partial charge in [-0.1, -0.05) is 31.0 Å². The van der Waals surface area contributed by atoms with Crippen molar-refractivity contribution in [2.24, 2.45) is 5.92 Å². The van der Waals surface area contributed by atoms with Crippen LogP contribution >= 0.6 is 0 Å². The van der Waals surface area contributed by atoms with Crippen LogP contribution in [0.5, 0.6) is 0 Å². The topological polar surface area (TPSA) is 43.4 Å². The highest BCUT2D eigenvalue weighted by Crippen LogP contribution is 2.40. The van der Waals surface area contributed by atoms with Crippen molar-refractivity contribution in [3.63, 3.8) is 0 Å². The molecule has 1 aromatic rings. The highest BCUT2D eigenvalue weighted by atomic mass is 32.2. The van der Waals surface area contributed by atoms with Gasteiger partial charge in [0.05, 0.1) is 10.5 Å². The first-order valence-electron chi connectivity index (χ1n) is 6.36. The minimum absolute atomic E-state index is 0.244. The maximum atomic E-state index is 12.2. The van der Waals surface area contributed by atoms with E-state index in [0.29, 0.717) is 0 Å². The van der Waals surface area contributed by atoms with Crippen LogP contribution in [-0.4, -0.2) is 14.0 Å². The molecule has 1 aliphatic rings. The Morgan fingerprint density at radius 3 is 2.39 bits per heavy atom. The van der Waals surface area contributed by atoms with Crippen LogP contribution in [0.3, 0.4) is 0 Å². The zero-order valence-electron chi connectivity index (χ0n) is 11.1. The molecule has 2 atom stereocenters. The Hall–Kier alpha value is -0.870. The number of rotatable bonds is 3. The molecular formula is C14H20O3S. The Labute approximate surface area is 109 Å². The first kappa shape index (κ1) is 13.6. The van der Waals surface area contributed by atoms with Gasteiger partial charge in [-0.15, -0.1) is 0 Å². The van der Waals surface area contributed by atoms with Crippen molar-refractivity contribution in [3.05, 3.63) is 29.8 Å². The first-order valence-corrected chi connectivity index (χ1v) is 7.77. The van der Waals surface area contributed by atoms with E-state index in [2.05, 4.69) is 6.92 Å². The third-order valence-corrected chi connectivity index (χ3v) is 5.41. The molecule has 0 N–H and O–H groups in total. The van der Waals surface area contributed by atoms with Crippen molar-refractivity contribution in [3.8, 4) is 0 Å². The van der Waals surface area contributed by atoms with Gasteiger partial charge < -0.3 is 0 Å². The van der Waals surface area contributed by atoms with Gasteiger partial charge in [-0.25, -0.2) is 0 Å². The Morgan fingerprint density at radius 2 is 1.89 bits per heavy atom. The summed E-state index contributed by atoms with van der Waals surface area (Å²) in [6.07, 6.45) is 2.86. The van der Waals surface area contributed by atoms with E-state index in [0.717, 1.165) is 24.8 Å². The minimum atomic E-state index is -3.65.